The van der Waals surface area contributed by atoms with E-state index in [9.17, 15) is 19.2 Å². The van der Waals surface area contributed by atoms with Crippen LogP contribution in [0, 0.1) is 0 Å². The number of aliphatic hydroxyl groups excluding tert-OH is 2. The van der Waals surface area contributed by atoms with Crippen molar-refractivity contribution >= 4 is 23.9 Å². The van der Waals surface area contributed by atoms with Crippen molar-refractivity contribution in [2.45, 2.75) is 64.2 Å². The van der Waals surface area contributed by atoms with E-state index >= 15 is 0 Å². The number of aliphatic carboxylic acids is 2. The molecule has 10 heteroatoms. The van der Waals surface area contributed by atoms with Crippen LogP contribution in [0.5, 0.6) is 0 Å². The first-order valence-electron chi connectivity index (χ1n) is 10.4. The van der Waals surface area contributed by atoms with Crippen molar-refractivity contribution in [2.75, 3.05) is 13.2 Å². The lowest BCUT2D eigenvalue weighted by molar-refractivity contribution is -0.138. The van der Waals surface area contributed by atoms with Gasteiger partial charge >= 0.3 is 23.9 Å². The molecule has 32 heavy (non-hydrogen) atoms. The Hall–Kier alpha value is -2.98. The van der Waals surface area contributed by atoms with Crippen molar-refractivity contribution in [3.63, 3.8) is 0 Å². The zero-order chi connectivity index (χ0) is 24.8. The highest BCUT2D eigenvalue weighted by atomic mass is 16.4. The van der Waals surface area contributed by atoms with Crippen LogP contribution in [-0.4, -0.2) is 67.7 Å². The van der Waals surface area contributed by atoms with Crippen LogP contribution < -0.4 is 0 Å². The van der Waals surface area contributed by atoms with E-state index in [1.54, 1.807) is 0 Å². The third-order valence-electron chi connectivity index (χ3n) is 3.98. The van der Waals surface area contributed by atoms with E-state index in [0.717, 1.165) is 51.4 Å². The fraction of sp³-hybridized carbons (Fsp3) is 0.545. The number of hydrogen-bond acceptors (Lipinski definition) is 6. The maximum absolute atomic E-state index is 10.3. The topological polar surface area (TPSA) is 190 Å². The molecule has 0 heterocycles. The number of benzene rings is 1. The highest BCUT2D eigenvalue weighted by Gasteiger charge is 2.04. The number of carbonyl (C=O) groups is 4. The average molecular weight is 459 g/mol. The molecule has 0 spiro atoms. The van der Waals surface area contributed by atoms with Gasteiger partial charge in [-0.25, -0.2) is 9.59 Å². The summed E-state index contributed by atoms with van der Waals surface area (Å²) in [5, 5.41) is 49.8. The summed E-state index contributed by atoms with van der Waals surface area (Å²) in [5.41, 5.74) is 0.167. The summed E-state index contributed by atoms with van der Waals surface area (Å²) in [6.07, 6.45) is 7.26. The third-order valence-corrected chi connectivity index (χ3v) is 3.98. The van der Waals surface area contributed by atoms with Crippen LogP contribution in [-0.2, 0) is 9.59 Å². The van der Waals surface area contributed by atoms with Gasteiger partial charge in [0.2, 0.25) is 0 Å². The minimum absolute atomic E-state index is 0.0833. The Morgan fingerprint density at radius 2 is 0.781 bits per heavy atom. The summed E-state index contributed by atoms with van der Waals surface area (Å²) in [7, 11) is 0. The predicted octanol–water partition coefficient (Wildman–Crippen LogP) is 3.11. The Morgan fingerprint density at radius 1 is 0.500 bits per heavy atom. The lowest BCUT2D eigenvalue weighted by Gasteiger charge is -1.98. The second-order valence-electron chi connectivity index (χ2n) is 6.75. The maximum Gasteiger partial charge on any atom is 0.335 e. The summed E-state index contributed by atoms with van der Waals surface area (Å²) < 4.78 is 0. The number of unbranched alkanes of at least 4 members (excludes halogenated alkanes) is 6. The van der Waals surface area contributed by atoms with Crippen molar-refractivity contribution < 1.29 is 49.8 Å². The number of carboxylic acids is 4. The second-order valence-corrected chi connectivity index (χ2v) is 6.75. The smallest absolute Gasteiger partial charge is 0.335 e. The van der Waals surface area contributed by atoms with E-state index in [4.69, 9.17) is 30.6 Å². The van der Waals surface area contributed by atoms with Crippen LogP contribution in [0.3, 0.4) is 0 Å². The van der Waals surface area contributed by atoms with E-state index in [0.29, 0.717) is 0 Å². The van der Waals surface area contributed by atoms with E-state index in [2.05, 4.69) is 0 Å². The highest BCUT2D eigenvalue weighted by molar-refractivity contribution is 5.91. The molecule has 0 aromatic heterocycles. The molecule has 0 amide bonds. The van der Waals surface area contributed by atoms with Crippen LogP contribution in [0.1, 0.15) is 84.9 Å². The average Bonchev–Trinajstić information content (AvgIpc) is 2.74. The number of carboxylic acid groups (broad SMARTS) is 4. The molecule has 0 bridgehead atoms. The van der Waals surface area contributed by atoms with Crippen molar-refractivity contribution in [1.29, 1.82) is 0 Å². The standard InChI is InChI=1S/C10H18O4.C8H6O4.C4H10O2/c11-9(12)7-5-3-1-2-4-6-8-10(13)14;9-7(10)5-1-2-6(4-3-5)8(11)12;5-3-1-2-4-6/h1-8H2,(H,11,12)(H,13,14);1-4H,(H,9,10)(H,11,12);5-6H,1-4H2. The number of hydrogen-bond donors (Lipinski definition) is 6. The van der Waals surface area contributed by atoms with E-state index in [1.807, 2.05) is 0 Å². The number of aromatic carboxylic acids is 2. The predicted molar refractivity (Wildman–Crippen MR) is 116 cm³/mol. The van der Waals surface area contributed by atoms with Crippen LogP contribution in [0.4, 0.5) is 0 Å². The molecule has 0 saturated carbocycles. The lowest BCUT2D eigenvalue weighted by atomic mass is 10.1. The number of aliphatic hydroxyl groups is 2. The molecule has 0 radical (unpaired) electrons. The molecule has 0 unspecified atom stereocenters. The van der Waals surface area contributed by atoms with Crippen molar-refractivity contribution in [3.8, 4) is 0 Å². The molecule has 1 aromatic rings. The van der Waals surface area contributed by atoms with Gasteiger partial charge in [0, 0.05) is 26.1 Å². The lowest BCUT2D eigenvalue weighted by Crippen LogP contribution is -1.99. The molecule has 1 rings (SSSR count). The Morgan fingerprint density at radius 3 is 1.00 bits per heavy atom. The summed E-state index contributed by atoms with van der Waals surface area (Å²) >= 11 is 0. The number of rotatable bonds is 14. The van der Waals surface area contributed by atoms with Crippen LogP contribution in [0.15, 0.2) is 24.3 Å². The molecule has 1 aromatic carbocycles. The van der Waals surface area contributed by atoms with Crippen LogP contribution in [0.25, 0.3) is 0 Å². The Kier molecular flexibility index (Phi) is 20.7. The van der Waals surface area contributed by atoms with Gasteiger partial charge in [-0.15, -0.1) is 0 Å². The van der Waals surface area contributed by atoms with Gasteiger partial charge in [0.15, 0.2) is 0 Å². The van der Waals surface area contributed by atoms with Gasteiger partial charge in [0.1, 0.15) is 0 Å². The zero-order valence-corrected chi connectivity index (χ0v) is 18.1. The Balaban J connectivity index is 0. The van der Waals surface area contributed by atoms with Gasteiger partial charge < -0.3 is 30.6 Å². The maximum atomic E-state index is 10.3. The van der Waals surface area contributed by atoms with Gasteiger partial charge in [0.25, 0.3) is 0 Å². The molecular weight excluding hydrogens is 424 g/mol. The molecule has 10 nitrogen and oxygen atoms in total. The monoisotopic (exact) mass is 458 g/mol. The summed E-state index contributed by atoms with van der Waals surface area (Å²) in [6.45, 7) is 0.390. The highest BCUT2D eigenvalue weighted by Crippen LogP contribution is 2.08. The van der Waals surface area contributed by atoms with Gasteiger partial charge in [-0.05, 0) is 49.9 Å². The SMILES string of the molecule is O=C(O)CCCCCCCCC(=O)O.O=C(O)c1ccc(C(=O)O)cc1.OCCCCO. The van der Waals surface area contributed by atoms with Gasteiger partial charge in [-0.3, -0.25) is 9.59 Å². The molecule has 0 fully saturated rings. The summed E-state index contributed by atoms with van der Waals surface area (Å²) in [5.74, 6) is -3.61. The molecular formula is C22H34O10. The Labute approximate surface area is 187 Å². The molecule has 0 aliphatic heterocycles. The minimum Gasteiger partial charge on any atom is -0.481 e. The van der Waals surface area contributed by atoms with Gasteiger partial charge in [-0.1, -0.05) is 25.7 Å². The van der Waals surface area contributed by atoms with Crippen molar-refractivity contribution in [1.82, 2.24) is 0 Å². The van der Waals surface area contributed by atoms with Gasteiger partial charge in [-0.2, -0.15) is 0 Å². The third kappa shape index (κ3) is 21.7. The second kappa shape index (κ2) is 21.3. The van der Waals surface area contributed by atoms with Crippen molar-refractivity contribution in [3.05, 3.63) is 35.4 Å². The van der Waals surface area contributed by atoms with Crippen molar-refractivity contribution in [2.24, 2.45) is 0 Å². The molecule has 0 atom stereocenters. The largest absolute Gasteiger partial charge is 0.481 e. The minimum atomic E-state index is -1.06. The molecule has 0 saturated heterocycles. The van der Waals surface area contributed by atoms with E-state index in [-0.39, 0.29) is 37.2 Å². The first-order chi connectivity index (χ1) is 15.1. The molecule has 182 valence electrons. The first-order valence-corrected chi connectivity index (χ1v) is 10.4. The van der Waals surface area contributed by atoms with E-state index in [1.165, 1.54) is 24.3 Å². The van der Waals surface area contributed by atoms with Crippen LogP contribution >= 0.6 is 0 Å². The quantitative estimate of drug-likeness (QED) is 0.226. The first kappa shape index (κ1) is 31.2. The fourth-order valence-corrected chi connectivity index (χ4v) is 2.24. The van der Waals surface area contributed by atoms with E-state index < -0.39 is 23.9 Å². The Bertz CT molecular complexity index is 598. The summed E-state index contributed by atoms with van der Waals surface area (Å²) in [6, 6.07) is 5.02. The zero-order valence-electron chi connectivity index (χ0n) is 18.1. The molecule has 0 aliphatic rings. The molecule has 0 aliphatic carbocycles. The summed E-state index contributed by atoms with van der Waals surface area (Å²) in [4.78, 5) is 41.0. The van der Waals surface area contributed by atoms with Gasteiger partial charge in [0.05, 0.1) is 11.1 Å². The molecule has 6 N–H and O–H groups in total. The van der Waals surface area contributed by atoms with Crippen LogP contribution in [0.2, 0.25) is 0 Å². The normalized spacial score (nSPS) is 9.56. The fourth-order valence-electron chi connectivity index (χ4n) is 2.24.